The molecule has 1 heterocycles. The van der Waals surface area contributed by atoms with Gasteiger partial charge in [0.1, 0.15) is 5.60 Å². The van der Waals surface area contributed by atoms with Crippen LogP contribution in [0.15, 0.2) is 24.3 Å². The Morgan fingerprint density at radius 2 is 2.21 bits per heavy atom. The van der Waals surface area contributed by atoms with E-state index in [9.17, 15) is 19.8 Å². The third-order valence-corrected chi connectivity index (χ3v) is 7.97. The molecule has 2 N–H and O–H groups in total. The Morgan fingerprint density at radius 3 is 2.92 bits per heavy atom. The zero-order valence-corrected chi connectivity index (χ0v) is 13.7. The molecule has 7 unspecified atom stereocenters. The van der Waals surface area contributed by atoms with Gasteiger partial charge < -0.3 is 14.9 Å². The quantitative estimate of drug-likeness (QED) is 0.568. The number of aliphatic hydroxyl groups is 1. The molecule has 0 aromatic carbocycles. The summed E-state index contributed by atoms with van der Waals surface area (Å²) >= 11 is 0. The second-order valence-corrected chi connectivity index (χ2v) is 8.84. The molecule has 0 radical (unpaired) electrons. The van der Waals surface area contributed by atoms with Gasteiger partial charge in [0, 0.05) is 18.3 Å². The molecule has 0 amide bonds. The van der Waals surface area contributed by atoms with E-state index >= 15 is 0 Å². The Kier molecular flexibility index (Phi) is 2.32. The highest BCUT2D eigenvalue weighted by molar-refractivity contribution is 5.86. The Balaban J connectivity index is 1.77. The van der Waals surface area contributed by atoms with E-state index in [2.05, 4.69) is 6.58 Å². The van der Waals surface area contributed by atoms with Gasteiger partial charge in [-0.05, 0) is 43.6 Å². The Morgan fingerprint density at radius 1 is 1.46 bits per heavy atom. The minimum absolute atomic E-state index is 0.0219. The average Bonchev–Trinajstić information content (AvgIpc) is 2.88. The van der Waals surface area contributed by atoms with E-state index in [1.54, 1.807) is 0 Å². The number of hydrogen-bond acceptors (Lipinski definition) is 4. The predicted molar refractivity (Wildman–Crippen MR) is 83.8 cm³/mol. The summed E-state index contributed by atoms with van der Waals surface area (Å²) in [7, 11) is 0. The van der Waals surface area contributed by atoms with E-state index in [1.165, 1.54) is 0 Å². The second-order valence-electron chi connectivity index (χ2n) is 8.84. The summed E-state index contributed by atoms with van der Waals surface area (Å²) in [4.78, 5) is 25.0. The first kappa shape index (κ1) is 14.7. The van der Waals surface area contributed by atoms with Gasteiger partial charge in [-0.3, -0.25) is 9.59 Å². The molecule has 4 fully saturated rings. The fraction of sp³-hybridized carbons (Fsp3) is 0.684. The van der Waals surface area contributed by atoms with Gasteiger partial charge in [-0.1, -0.05) is 18.7 Å². The van der Waals surface area contributed by atoms with Crippen LogP contribution in [0.25, 0.3) is 0 Å². The van der Waals surface area contributed by atoms with Gasteiger partial charge in [-0.2, -0.15) is 0 Å². The highest BCUT2D eigenvalue weighted by atomic mass is 16.6. The number of fused-ring (bicyclic) bond motifs is 1. The fourth-order valence-corrected chi connectivity index (χ4v) is 7.23. The second kappa shape index (κ2) is 3.79. The number of aliphatic carboxylic acids is 1. The summed E-state index contributed by atoms with van der Waals surface area (Å²) in [6, 6.07) is 0. The number of carbonyl (C=O) groups excluding carboxylic acids is 1. The first-order valence-electron chi connectivity index (χ1n) is 8.74. The van der Waals surface area contributed by atoms with E-state index < -0.39 is 33.9 Å². The van der Waals surface area contributed by atoms with Gasteiger partial charge in [0.05, 0.1) is 16.9 Å². The highest BCUT2D eigenvalue weighted by Gasteiger charge is 2.82. The molecule has 5 aliphatic rings. The van der Waals surface area contributed by atoms with Crippen LogP contribution < -0.4 is 0 Å². The van der Waals surface area contributed by atoms with Crippen molar-refractivity contribution in [1.82, 2.24) is 0 Å². The van der Waals surface area contributed by atoms with Crippen molar-refractivity contribution in [3.63, 3.8) is 0 Å². The molecule has 1 spiro atoms. The third kappa shape index (κ3) is 1.25. The first-order valence-corrected chi connectivity index (χ1v) is 8.74. The summed E-state index contributed by atoms with van der Waals surface area (Å²) < 4.78 is 5.99. The van der Waals surface area contributed by atoms with Crippen LogP contribution in [0.2, 0.25) is 0 Å². The van der Waals surface area contributed by atoms with Gasteiger partial charge in [-0.15, -0.1) is 0 Å². The standard InChI is InChI=1S/C19H22O5/c1-10-8-17-9-18(10,23)7-4-11(17)19-6-3-5-16(2,15(22)24-19)13(19)12(17)14(20)21/h3,5,11-13,23H,1,4,6-9H2,2H3,(H,20,21). The van der Waals surface area contributed by atoms with Crippen LogP contribution in [0, 0.1) is 28.6 Å². The van der Waals surface area contributed by atoms with Crippen molar-refractivity contribution in [3.8, 4) is 0 Å². The van der Waals surface area contributed by atoms with Gasteiger partial charge in [0.25, 0.3) is 0 Å². The number of esters is 1. The van der Waals surface area contributed by atoms with Crippen molar-refractivity contribution in [2.75, 3.05) is 0 Å². The first-order chi connectivity index (χ1) is 11.2. The molecule has 4 bridgehead atoms. The van der Waals surface area contributed by atoms with Crippen LogP contribution in [0.1, 0.15) is 39.0 Å². The monoisotopic (exact) mass is 330 g/mol. The Labute approximate surface area is 140 Å². The van der Waals surface area contributed by atoms with Crippen LogP contribution >= 0.6 is 0 Å². The van der Waals surface area contributed by atoms with Crippen LogP contribution in [-0.2, 0) is 14.3 Å². The lowest BCUT2D eigenvalue weighted by molar-refractivity contribution is -0.162. The molecule has 3 saturated carbocycles. The molecule has 5 nitrogen and oxygen atoms in total. The van der Waals surface area contributed by atoms with Gasteiger partial charge in [0.2, 0.25) is 0 Å². The molecule has 5 rings (SSSR count). The third-order valence-electron chi connectivity index (χ3n) is 7.97. The summed E-state index contributed by atoms with van der Waals surface area (Å²) in [6.07, 6.45) is 6.66. The van der Waals surface area contributed by atoms with Crippen molar-refractivity contribution in [1.29, 1.82) is 0 Å². The maximum Gasteiger partial charge on any atom is 0.316 e. The number of ether oxygens (including phenoxy) is 1. The lowest BCUT2D eigenvalue weighted by Crippen LogP contribution is -2.47. The van der Waals surface area contributed by atoms with Crippen molar-refractivity contribution < 1.29 is 24.5 Å². The van der Waals surface area contributed by atoms with E-state index in [0.29, 0.717) is 32.1 Å². The van der Waals surface area contributed by atoms with Crippen molar-refractivity contribution in [2.24, 2.45) is 28.6 Å². The van der Waals surface area contributed by atoms with E-state index in [0.717, 1.165) is 5.57 Å². The predicted octanol–water partition coefficient (Wildman–Crippen LogP) is 2.06. The van der Waals surface area contributed by atoms with E-state index in [1.807, 2.05) is 19.1 Å². The zero-order valence-electron chi connectivity index (χ0n) is 13.7. The number of carboxylic acids is 1. The molecule has 5 heteroatoms. The lowest BCUT2D eigenvalue weighted by atomic mass is 9.62. The number of rotatable bonds is 1. The zero-order chi connectivity index (χ0) is 17.1. The fourth-order valence-electron chi connectivity index (χ4n) is 7.23. The SMILES string of the molecule is C=C1CC23CC1(O)CCC2C12CC=CC(C)(C(=O)O1)C2C3C(=O)O. The number of hydrogen-bond donors (Lipinski definition) is 2. The van der Waals surface area contributed by atoms with Crippen molar-refractivity contribution in [3.05, 3.63) is 24.3 Å². The Bertz CT molecular complexity index is 740. The maximum atomic E-state index is 12.6. The lowest BCUT2D eigenvalue weighted by Gasteiger charge is -2.45. The summed E-state index contributed by atoms with van der Waals surface area (Å²) in [5.41, 5.74) is -2.35. The Hall–Kier alpha value is -1.62. The van der Waals surface area contributed by atoms with Crippen molar-refractivity contribution in [2.45, 2.75) is 50.2 Å². The normalized spacial score (nSPS) is 56.8. The topological polar surface area (TPSA) is 83.8 Å². The highest BCUT2D eigenvalue weighted by Crippen LogP contribution is 2.77. The molecular formula is C19H22O5. The summed E-state index contributed by atoms with van der Waals surface area (Å²) in [5, 5.41) is 21.1. The molecule has 128 valence electrons. The van der Waals surface area contributed by atoms with Crippen LogP contribution in [-0.4, -0.2) is 33.4 Å². The molecule has 4 aliphatic carbocycles. The van der Waals surface area contributed by atoms with Gasteiger partial charge in [0.15, 0.2) is 0 Å². The van der Waals surface area contributed by atoms with Gasteiger partial charge >= 0.3 is 11.9 Å². The van der Waals surface area contributed by atoms with E-state index in [-0.39, 0.29) is 17.8 Å². The molecule has 0 aromatic heterocycles. The molecule has 24 heavy (non-hydrogen) atoms. The minimum atomic E-state index is -0.952. The summed E-state index contributed by atoms with van der Waals surface area (Å²) in [5.74, 6) is -2.23. The molecule has 7 atom stereocenters. The van der Waals surface area contributed by atoms with Gasteiger partial charge in [-0.25, -0.2) is 0 Å². The minimum Gasteiger partial charge on any atom is -0.481 e. The number of carboxylic acid groups (broad SMARTS) is 1. The van der Waals surface area contributed by atoms with E-state index in [4.69, 9.17) is 4.74 Å². The maximum absolute atomic E-state index is 12.6. The number of carbonyl (C=O) groups is 2. The largest absolute Gasteiger partial charge is 0.481 e. The van der Waals surface area contributed by atoms with Crippen molar-refractivity contribution >= 4 is 11.9 Å². The average molecular weight is 330 g/mol. The smallest absolute Gasteiger partial charge is 0.316 e. The summed E-state index contributed by atoms with van der Waals surface area (Å²) in [6.45, 7) is 5.88. The van der Waals surface area contributed by atoms with Crippen LogP contribution in [0.4, 0.5) is 0 Å². The molecular weight excluding hydrogens is 308 g/mol. The van der Waals surface area contributed by atoms with Crippen LogP contribution in [0.5, 0.6) is 0 Å². The van der Waals surface area contributed by atoms with Crippen LogP contribution in [0.3, 0.4) is 0 Å². The molecule has 1 saturated heterocycles. The molecule has 1 aliphatic heterocycles. The molecule has 0 aromatic rings.